The number of ether oxygens (including phenoxy) is 2. The second kappa shape index (κ2) is 10.1. The molecule has 2 unspecified atom stereocenters. The summed E-state index contributed by atoms with van der Waals surface area (Å²) in [4.78, 5) is 12.6. The van der Waals surface area contributed by atoms with Crippen molar-refractivity contribution in [3.05, 3.63) is 59.2 Å². The van der Waals surface area contributed by atoms with Gasteiger partial charge < -0.3 is 14.8 Å². The normalized spacial score (nSPS) is 20.8. The average Bonchev–Trinajstić information content (AvgIpc) is 3.33. The smallest absolute Gasteiger partial charge is 0.238 e. The van der Waals surface area contributed by atoms with Crippen molar-refractivity contribution in [1.82, 2.24) is 20.5 Å². The first-order valence-corrected chi connectivity index (χ1v) is 12.6. The van der Waals surface area contributed by atoms with Crippen molar-refractivity contribution in [2.75, 3.05) is 33.1 Å². The standard InChI is InChI=1S/C23H30N4O5S/c1-31-18-8-7-17-15-27(11-9-16(17)13-18)33(29,30)12-10-24-23(28)21-14-20(25-26-21)19-5-3-4-6-22(19)32-2/h3-8,13,20-21,25-26H,9-12,14-15H2,1-2H3,(H,24,28). The minimum atomic E-state index is -3.49. The Balaban J connectivity index is 1.28. The Morgan fingerprint density at radius 2 is 1.94 bits per heavy atom. The maximum atomic E-state index is 12.8. The van der Waals surface area contributed by atoms with Crippen LogP contribution in [0.2, 0.25) is 0 Å². The molecule has 3 N–H and O–H groups in total. The number of nitrogens with zero attached hydrogens (tertiary/aromatic N) is 1. The second-order valence-corrected chi connectivity index (χ2v) is 10.3. The van der Waals surface area contributed by atoms with Gasteiger partial charge in [-0.3, -0.25) is 4.79 Å². The summed E-state index contributed by atoms with van der Waals surface area (Å²) in [5.74, 6) is 1.16. The molecule has 0 spiro atoms. The van der Waals surface area contributed by atoms with Gasteiger partial charge in [0.1, 0.15) is 17.5 Å². The largest absolute Gasteiger partial charge is 0.497 e. The first-order valence-electron chi connectivity index (χ1n) is 11.0. The molecule has 2 aliphatic rings. The van der Waals surface area contributed by atoms with Gasteiger partial charge in [-0.05, 0) is 42.2 Å². The van der Waals surface area contributed by atoms with Gasteiger partial charge in [0.2, 0.25) is 15.9 Å². The van der Waals surface area contributed by atoms with E-state index in [4.69, 9.17) is 9.47 Å². The van der Waals surface area contributed by atoms with Crippen LogP contribution in [0.5, 0.6) is 11.5 Å². The fraction of sp³-hybridized carbons (Fsp3) is 0.435. The van der Waals surface area contributed by atoms with Crippen molar-refractivity contribution in [2.45, 2.75) is 31.5 Å². The van der Waals surface area contributed by atoms with E-state index in [9.17, 15) is 13.2 Å². The highest BCUT2D eigenvalue weighted by molar-refractivity contribution is 7.89. The van der Waals surface area contributed by atoms with Crippen LogP contribution in [0.3, 0.4) is 0 Å². The molecule has 1 fully saturated rings. The Labute approximate surface area is 194 Å². The van der Waals surface area contributed by atoms with Crippen LogP contribution in [-0.4, -0.2) is 57.7 Å². The highest BCUT2D eigenvalue weighted by atomic mass is 32.2. The minimum absolute atomic E-state index is 0.0602. The molecule has 2 aromatic rings. The van der Waals surface area contributed by atoms with E-state index < -0.39 is 16.1 Å². The maximum absolute atomic E-state index is 12.8. The lowest BCUT2D eigenvalue weighted by molar-refractivity contribution is -0.122. The summed E-state index contributed by atoms with van der Waals surface area (Å²) in [7, 11) is -0.258. The fourth-order valence-electron chi connectivity index (χ4n) is 4.31. The molecule has 2 atom stereocenters. The first kappa shape index (κ1) is 23.5. The van der Waals surface area contributed by atoms with E-state index in [1.807, 2.05) is 42.5 Å². The monoisotopic (exact) mass is 474 g/mol. The lowest BCUT2D eigenvalue weighted by Gasteiger charge is -2.28. The molecule has 0 bridgehead atoms. The number of methoxy groups -OCH3 is 2. The number of hydrogen-bond donors (Lipinski definition) is 3. The van der Waals surface area contributed by atoms with Crippen molar-refractivity contribution in [3.8, 4) is 11.5 Å². The van der Waals surface area contributed by atoms with E-state index in [0.717, 1.165) is 28.2 Å². The van der Waals surface area contributed by atoms with Gasteiger partial charge in [0, 0.05) is 25.2 Å². The van der Waals surface area contributed by atoms with E-state index in [-0.39, 0.29) is 24.2 Å². The number of carbonyl (C=O) groups is 1. The van der Waals surface area contributed by atoms with Crippen LogP contribution >= 0.6 is 0 Å². The van der Waals surface area contributed by atoms with Gasteiger partial charge in [-0.15, -0.1) is 0 Å². The van der Waals surface area contributed by atoms with Crippen LogP contribution in [-0.2, 0) is 27.8 Å². The van der Waals surface area contributed by atoms with E-state index in [0.29, 0.717) is 25.9 Å². The Kier molecular flexibility index (Phi) is 7.18. The summed E-state index contributed by atoms with van der Waals surface area (Å²) in [6.07, 6.45) is 1.17. The minimum Gasteiger partial charge on any atom is -0.497 e. The molecule has 0 radical (unpaired) electrons. The third-order valence-electron chi connectivity index (χ3n) is 6.18. The first-order chi connectivity index (χ1) is 15.9. The number of rotatable bonds is 8. The van der Waals surface area contributed by atoms with Crippen LogP contribution in [0.4, 0.5) is 0 Å². The molecule has 2 heterocycles. The molecule has 0 aliphatic carbocycles. The van der Waals surface area contributed by atoms with Crippen molar-refractivity contribution in [1.29, 1.82) is 0 Å². The third kappa shape index (κ3) is 5.30. The number of carbonyl (C=O) groups excluding carboxylic acids is 1. The number of amides is 1. The van der Waals surface area contributed by atoms with Crippen molar-refractivity contribution >= 4 is 15.9 Å². The average molecular weight is 475 g/mol. The Hall–Kier alpha value is -2.66. The van der Waals surface area contributed by atoms with Crippen LogP contribution in [0.25, 0.3) is 0 Å². The van der Waals surface area contributed by atoms with Crippen LogP contribution < -0.4 is 25.6 Å². The van der Waals surface area contributed by atoms with Gasteiger partial charge in [-0.1, -0.05) is 24.3 Å². The molecule has 9 nitrogen and oxygen atoms in total. The summed E-state index contributed by atoms with van der Waals surface area (Å²) >= 11 is 0. The quantitative estimate of drug-likeness (QED) is 0.526. The molecular weight excluding hydrogens is 444 g/mol. The third-order valence-corrected chi connectivity index (χ3v) is 8.00. The maximum Gasteiger partial charge on any atom is 0.238 e. The van der Waals surface area contributed by atoms with Crippen LogP contribution in [0.1, 0.15) is 29.2 Å². The number of sulfonamides is 1. The molecule has 1 amide bonds. The zero-order chi connectivity index (χ0) is 23.4. The van der Waals surface area contributed by atoms with E-state index >= 15 is 0 Å². The van der Waals surface area contributed by atoms with Gasteiger partial charge >= 0.3 is 0 Å². The molecule has 33 heavy (non-hydrogen) atoms. The second-order valence-electron chi connectivity index (χ2n) is 8.20. The zero-order valence-electron chi connectivity index (χ0n) is 18.8. The summed E-state index contributed by atoms with van der Waals surface area (Å²) in [5, 5.41) is 2.76. The number of hydrogen-bond acceptors (Lipinski definition) is 7. The molecule has 10 heteroatoms. The molecule has 2 aliphatic heterocycles. The topological polar surface area (TPSA) is 109 Å². The molecule has 0 saturated carbocycles. The Bertz CT molecular complexity index is 1110. The fourth-order valence-corrected chi connectivity index (χ4v) is 5.63. The van der Waals surface area contributed by atoms with Crippen molar-refractivity contribution < 1.29 is 22.7 Å². The predicted octanol–water partition coefficient (Wildman–Crippen LogP) is 1.12. The van der Waals surface area contributed by atoms with Crippen LogP contribution in [0.15, 0.2) is 42.5 Å². The number of nitrogens with one attached hydrogen (secondary N) is 3. The predicted molar refractivity (Wildman–Crippen MR) is 124 cm³/mol. The number of para-hydroxylation sites is 1. The molecule has 0 aromatic heterocycles. The van der Waals surface area contributed by atoms with E-state index in [1.165, 1.54) is 4.31 Å². The SMILES string of the molecule is COc1ccc2c(c1)CCN(S(=O)(=O)CCNC(=O)C1CC(c3ccccc3OC)NN1)C2. The van der Waals surface area contributed by atoms with Gasteiger partial charge in [0.25, 0.3) is 0 Å². The Morgan fingerprint density at radius 3 is 2.73 bits per heavy atom. The van der Waals surface area contributed by atoms with Gasteiger partial charge in [0.05, 0.1) is 26.0 Å². The molecule has 1 saturated heterocycles. The van der Waals surface area contributed by atoms with Gasteiger partial charge in [-0.25, -0.2) is 19.3 Å². The number of fused-ring (bicyclic) bond motifs is 1. The van der Waals surface area contributed by atoms with Crippen LogP contribution in [0, 0.1) is 0 Å². The van der Waals surface area contributed by atoms with Gasteiger partial charge in [-0.2, -0.15) is 4.31 Å². The molecule has 2 aromatic carbocycles. The number of hydrazine groups is 1. The molecule has 178 valence electrons. The number of benzene rings is 2. The lowest BCUT2D eigenvalue weighted by atomic mass is 10.0. The highest BCUT2D eigenvalue weighted by Crippen LogP contribution is 2.30. The molecule has 4 rings (SSSR count). The Morgan fingerprint density at radius 1 is 1.12 bits per heavy atom. The zero-order valence-corrected chi connectivity index (χ0v) is 19.7. The summed E-state index contributed by atoms with van der Waals surface area (Å²) in [5.41, 5.74) is 9.19. The van der Waals surface area contributed by atoms with E-state index in [1.54, 1.807) is 14.2 Å². The summed E-state index contributed by atoms with van der Waals surface area (Å²) in [6.45, 7) is 0.820. The van der Waals surface area contributed by atoms with Crippen molar-refractivity contribution in [2.24, 2.45) is 0 Å². The van der Waals surface area contributed by atoms with Gasteiger partial charge in [0.15, 0.2) is 0 Å². The highest BCUT2D eigenvalue weighted by Gasteiger charge is 2.32. The van der Waals surface area contributed by atoms with E-state index in [2.05, 4.69) is 16.2 Å². The summed E-state index contributed by atoms with van der Waals surface area (Å²) < 4.78 is 37.8. The van der Waals surface area contributed by atoms with Crippen molar-refractivity contribution in [3.63, 3.8) is 0 Å². The summed E-state index contributed by atoms with van der Waals surface area (Å²) in [6, 6.07) is 12.8. The lowest BCUT2D eigenvalue weighted by Crippen LogP contribution is -2.45. The molecular formula is C23H30N4O5S.